The smallest absolute Gasteiger partial charge is 0.194 e. The average molecular weight is 201 g/mol. The number of nitrogens with two attached hydrogens (primary N) is 1. The molecule has 0 spiro atoms. The quantitative estimate of drug-likeness (QED) is 0.733. The Morgan fingerprint density at radius 3 is 2.73 bits per heavy atom. The summed E-state index contributed by atoms with van der Waals surface area (Å²) in [5.74, 6) is 0.553. The molecular formula is C11H11N3O. The van der Waals surface area contributed by atoms with E-state index >= 15 is 0 Å². The van der Waals surface area contributed by atoms with E-state index in [0.29, 0.717) is 11.5 Å². The van der Waals surface area contributed by atoms with E-state index in [1.807, 2.05) is 30.3 Å². The molecule has 2 aromatic rings. The topological polar surface area (TPSA) is 71.8 Å². The van der Waals surface area contributed by atoms with Crippen LogP contribution in [0.2, 0.25) is 0 Å². The van der Waals surface area contributed by atoms with E-state index in [4.69, 9.17) is 5.73 Å². The first-order valence-electron chi connectivity index (χ1n) is 4.65. The lowest BCUT2D eigenvalue weighted by molar-refractivity contribution is 0.0997. The first kappa shape index (κ1) is 9.61. The predicted octanol–water partition coefficient (Wildman–Crippen LogP) is 1.22. The van der Waals surface area contributed by atoms with Crippen molar-refractivity contribution in [2.24, 2.45) is 5.73 Å². The summed E-state index contributed by atoms with van der Waals surface area (Å²) in [4.78, 5) is 18.3. The Morgan fingerprint density at radius 1 is 1.33 bits per heavy atom. The van der Waals surface area contributed by atoms with Gasteiger partial charge in [0.25, 0.3) is 0 Å². The molecule has 4 nitrogen and oxygen atoms in total. The number of nitrogens with one attached hydrogen (secondary N) is 1. The van der Waals surface area contributed by atoms with E-state index in [2.05, 4.69) is 9.97 Å². The zero-order chi connectivity index (χ0) is 10.7. The fourth-order valence-corrected chi connectivity index (χ4v) is 1.32. The average Bonchev–Trinajstić information content (AvgIpc) is 2.78. The van der Waals surface area contributed by atoms with Crippen molar-refractivity contribution in [2.45, 2.75) is 0 Å². The van der Waals surface area contributed by atoms with Gasteiger partial charge in [-0.05, 0) is 0 Å². The first-order valence-corrected chi connectivity index (χ1v) is 4.65. The molecule has 0 saturated heterocycles. The maximum atomic E-state index is 11.3. The van der Waals surface area contributed by atoms with Gasteiger partial charge in [0.1, 0.15) is 11.5 Å². The van der Waals surface area contributed by atoms with Crippen LogP contribution in [0.4, 0.5) is 0 Å². The molecule has 4 heteroatoms. The fraction of sp³-hybridized carbons (Fsp3) is 0.0909. The summed E-state index contributed by atoms with van der Waals surface area (Å²) in [5.41, 5.74) is 6.66. The molecule has 0 radical (unpaired) electrons. The molecule has 1 aromatic heterocycles. The molecule has 0 unspecified atom stereocenters. The molecule has 0 aliphatic heterocycles. The number of H-pyrrole nitrogens is 1. The standard InChI is InChI=1S/C11H11N3O/c12-6-10(15)9-7-13-11(14-9)8-4-2-1-3-5-8/h1-5,7H,6,12H2,(H,13,14). The molecule has 1 heterocycles. The fourth-order valence-electron chi connectivity index (χ4n) is 1.32. The third-order valence-corrected chi connectivity index (χ3v) is 2.11. The van der Waals surface area contributed by atoms with Gasteiger partial charge in [-0.3, -0.25) is 4.79 Å². The van der Waals surface area contributed by atoms with Crippen molar-refractivity contribution in [3.63, 3.8) is 0 Å². The Bertz CT molecular complexity index is 462. The van der Waals surface area contributed by atoms with Crippen molar-refractivity contribution in [1.82, 2.24) is 9.97 Å². The van der Waals surface area contributed by atoms with Crippen LogP contribution in [0.25, 0.3) is 11.4 Å². The van der Waals surface area contributed by atoms with Crippen LogP contribution in [0.15, 0.2) is 36.5 Å². The first-order chi connectivity index (χ1) is 7.31. The molecule has 0 bridgehead atoms. The minimum Gasteiger partial charge on any atom is -0.336 e. The lowest BCUT2D eigenvalue weighted by Gasteiger charge is -1.94. The lowest BCUT2D eigenvalue weighted by atomic mass is 10.2. The van der Waals surface area contributed by atoms with Crippen LogP contribution in [-0.2, 0) is 0 Å². The predicted molar refractivity (Wildman–Crippen MR) is 57.4 cm³/mol. The maximum absolute atomic E-state index is 11.3. The van der Waals surface area contributed by atoms with Crippen LogP contribution in [0.5, 0.6) is 0 Å². The van der Waals surface area contributed by atoms with Crippen LogP contribution in [0, 0.1) is 0 Å². The molecule has 0 saturated carbocycles. The Labute approximate surface area is 87.1 Å². The highest BCUT2D eigenvalue weighted by Gasteiger charge is 2.08. The van der Waals surface area contributed by atoms with Gasteiger partial charge in [-0.1, -0.05) is 30.3 Å². The molecule has 0 aliphatic rings. The zero-order valence-electron chi connectivity index (χ0n) is 8.10. The van der Waals surface area contributed by atoms with Crippen LogP contribution < -0.4 is 5.73 Å². The number of carbonyl (C=O) groups excluding carboxylic acids is 1. The Kier molecular flexibility index (Phi) is 2.60. The summed E-state index contributed by atoms with van der Waals surface area (Å²) >= 11 is 0. The van der Waals surface area contributed by atoms with Gasteiger partial charge in [0, 0.05) is 5.56 Å². The van der Waals surface area contributed by atoms with E-state index in [9.17, 15) is 4.79 Å². The lowest BCUT2D eigenvalue weighted by Crippen LogP contribution is -2.13. The minimum atomic E-state index is -0.135. The molecule has 1 aromatic carbocycles. The Hall–Kier alpha value is -1.94. The normalized spacial score (nSPS) is 10.2. The van der Waals surface area contributed by atoms with E-state index in [1.165, 1.54) is 6.20 Å². The monoisotopic (exact) mass is 201 g/mol. The van der Waals surface area contributed by atoms with Gasteiger partial charge in [0.2, 0.25) is 0 Å². The van der Waals surface area contributed by atoms with E-state index in [1.54, 1.807) is 0 Å². The maximum Gasteiger partial charge on any atom is 0.194 e. The van der Waals surface area contributed by atoms with Gasteiger partial charge < -0.3 is 10.7 Å². The Morgan fingerprint density at radius 2 is 2.07 bits per heavy atom. The molecule has 76 valence electrons. The highest BCUT2D eigenvalue weighted by Crippen LogP contribution is 2.14. The van der Waals surface area contributed by atoms with Gasteiger partial charge >= 0.3 is 0 Å². The van der Waals surface area contributed by atoms with Crippen molar-refractivity contribution in [3.05, 3.63) is 42.2 Å². The summed E-state index contributed by atoms with van der Waals surface area (Å²) in [7, 11) is 0. The summed E-state index contributed by atoms with van der Waals surface area (Å²) in [6.07, 6.45) is 1.51. The van der Waals surface area contributed by atoms with Crippen LogP contribution in [-0.4, -0.2) is 22.3 Å². The molecule has 15 heavy (non-hydrogen) atoms. The largest absolute Gasteiger partial charge is 0.336 e. The van der Waals surface area contributed by atoms with Crippen molar-refractivity contribution >= 4 is 5.78 Å². The van der Waals surface area contributed by atoms with E-state index < -0.39 is 0 Å². The van der Waals surface area contributed by atoms with Crippen LogP contribution in [0.1, 0.15) is 10.5 Å². The van der Waals surface area contributed by atoms with Crippen molar-refractivity contribution < 1.29 is 4.79 Å². The number of Topliss-reactive ketones (excluding diaryl/α,β-unsaturated/α-hetero) is 1. The van der Waals surface area contributed by atoms with Crippen LogP contribution >= 0.6 is 0 Å². The number of hydrogen-bond acceptors (Lipinski definition) is 3. The molecule has 2 rings (SSSR count). The van der Waals surface area contributed by atoms with Gasteiger partial charge in [-0.15, -0.1) is 0 Å². The van der Waals surface area contributed by atoms with E-state index in [-0.39, 0.29) is 12.3 Å². The molecule has 3 N–H and O–H groups in total. The number of ketones is 1. The van der Waals surface area contributed by atoms with Crippen molar-refractivity contribution in [1.29, 1.82) is 0 Å². The van der Waals surface area contributed by atoms with E-state index in [0.717, 1.165) is 5.56 Å². The molecule has 0 fully saturated rings. The molecule has 0 amide bonds. The number of nitrogens with zero attached hydrogens (tertiary/aromatic N) is 1. The number of hydrogen-bond donors (Lipinski definition) is 2. The second-order valence-corrected chi connectivity index (χ2v) is 3.14. The summed E-state index contributed by atoms with van der Waals surface area (Å²) < 4.78 is 0. The SMILES string of the molecule is NCC(=O)c1cnc(-c2ccccc2)[nH]1. The third kappa shape index (κ3) is 1.94. The number of aromatic amines is 1. The summed E-state index contributed by atoms with van der Waals surface area (Å²) in [6, 6.07) is 9.62. The van der Waals surface area contributed by atoms with Crippen LogP contribution in [0.3, 0.4) is 0 Å². The zero-order valence-corrected chi connectivity index (χ0v) is 8.10. The summed E-state index contributed by atoms with van der Waals surface area (Å²) in [5, 5.41) is 0. The van der Waals surface area contributed by atoms with Crippen molar-refractivity contribution in [2.75, 3.05) is 6.54 Å². The number of benzene rings is 1. The van der Waals surface area contributed by atoms with Crippen molar-refractivity contribution in [3.8, 4) is 11.4 Å². The molecule has 0 atom stereocenters. The summed E-state index contributed by atoms with van der Waals surface area (Å²) in [6.45, 7) is -0.00355. The molecule has 0 aliphatic carbocycles. The van der Waals surface area contributed by atoms with Gasteiger partial charge in [-0.25, -0.2) is 4.98 Å². The number of aromatic nitrogens is 2. The molecular weight excluding hydrogens is 190 g/mol. The number of rotatable bonds is 3. The minimum absolute atomic E-state index is 0.00355. The third-order valence-electron chi connectivity index (χ3n) is 2.11. The Balaban J connectivity index is 2.32. The highest BCUT2D eigenvalue weighted by atomic mass is 16.1. The second-order valence-electron chi connectivity index (χ2n) is 3.14. The highest BCUT2D eigenvalue weighted by molar-refractivity contribution is 5.96. The van der Waals surface area contributed by atoms with Gasteiger partial charge in [-0.2, -0.15) is 0 Å². The second kappa shape index (κ2) is 4.06. The van der Waals surface area contributed by atoms with Gasteiger partial charge in [0.05, 0.1) is 12.7 Å². The van der Waals surface area contributed by atoms with Gasteiger partial charge in [0.15, 0.2) is 5.78 Å². The number of imidazole rings is 1. The number of carbonyl (C=O) groups is 1.